The highest BCUT2D eigenvalue weighted by molar-refractivity contribution is 5.82. The molecule has 2 nitrogen and oxygen atoms in total. The van der Waals surface area contributed by atoms with Crippen molar-refractivity contribution < 1.29 is 5.11 Å². The average molecular weight is 277 g/mol. The summed E-state index contributed by atoms with van der Waals surface area (Å²) in [6.07, 6.45) is 0. The summed E-state index contributed by atoms with van der Waals surface area (Å²) in [6.45, 7) is 1.79. The SMILES string of the molecule is OCc1ccc(CNCc2ccc3ccccc3c2)cc1. The summed E-state index contributed by atoms with van der Waals surface area (Å²) in [7, 11) is 0. The van der Waals surface area contributed by atoms with Gasteiger partial charge in [0.15, 0.2) is 0 Å². The van der Waals surface area contributed by atoms with Crippen LogP contribution in [-0.2, 0) is 19.7 Å². The van der Waals surface area contributed by atoms with E-state index in [1.807, 2.05) is 12.1 Å². The molecule has 0 saturated heterocycles. The number of benzene rings is 3. The molecule has 21 heavy (non-hydrogen) atoms. The van der Waals surface area contributed by atoms with Gasteiger partial charge in [0, 0.05) is 13.1 Å². The van der Waals surface area contributed by atoms with E-state index in [-0.39, 0.29) is 6.61 Å². The zero-order chi connectivity index (χ0) is 14.5. The van der Waals surface area contributed by atoms with Crippen molar-refractivity contribution in [1.29, 1.82) is 0 Å². The smallest absolute Gasteiger partial charge is 0.0681 e. The van der Waals surface area contributed by atoms with E-state index in [1.54, 1.807) is 0 Å². The van der Waals surface area contributed by atoms with Gasteiger partial charge in [0.2, 0.25) is 0 Å². The molecule has 0 aromatic heterocycles. The Balaban J connectivity index is 1.60. The second-order valence-corrected chi connectivity index (χ2v) is 5.26. The van der Waals surface area contributed by atoms with E-state index < -0.39 is 0 Å². The minimum atomic E-state index is 0.102. The molecule has 0 aliphatic carbocycles. The number of aliphatic hydroxyl groups excluding tert-OH is 1. The van der Waals surface area contributed by atoms with Gasteiger partial charge in [-0.2, -0.15) is 0 Å². The highest BCUT2D eigenvalue weighted by Crippen LogP contribution is 2.15. The van der Waals surface area contributed by atoms with Crippen molar-refractivity contribution >= 4 is 10.8 Å². The van der Waals surface area contributed by atoms with Gasteiger partial charge in [-0.3, -0.25) is 0 Å². The molecule has 0 radical (unpaired) electrons. The van der Waals surface area contributed by atoms with E-state index in [9.17, 15) is 0 Å². The molecule has 3 aromatic rings. The van der Waals surface area contributed by atoms with Crippen LogP contribution in [0.15, 0.2) is 66.7 Å². The summed E-state index contributed by atoms with van der Waals surface area (Å²) >= 11 is 0. The van der Waals surface area contributed by atoms with Crippen LogP contribution >= 0.6 is 0 Å². The maximum Gasteiger partial charge on any atom is 0.0681 e. The van der Waals surface area contributed by atoms with Gasteiger partial charge < -0.3 is 10.4 Å². The molecule has 0 amide bonds. The fourth-order valence-corrected chi connectivity index (χ4v) is 2.46. The largest absolute Gasteiger partial charge is 0.392 e. The van der Waals surface area contributed by atoms with Gasteiger partial charge in [0.1, 0.15) is 0 Å². The van der Waals surface area contributed by atoms with E-state index in [1.165, 1.54) is 21.9 Å². The first-order chi connectivity index (χ1) is 10.3. The van der Waals surface area contributed by atoms with Gasteiger partial charge in [-0.05, 0) is 33.5 Å². The quantitative estimate of drug-likeness (QED) is 0.746. The number of hydrogen-bond acceptors (Lipinski definition) is 2. The molecule has 2 N–H and O–H groups in total. The van der Waals surface area contributed by atoms with Gasteiger partial charge in [-0.25, -0.2) is 0 Å². The fourth-order valence-electron chi connectivity index (χ4n) is 2.46. The molecule has 0 aliphatic rings. The van der Waals surface area contributed by atoms with Crippen LogP contribution in [0.1, 0.15) is 16.7 Å². The van der Waals surface area contributed by atoms with Gasteiger partial charge in [-0.1, -0.05) is 60.7 Å². The Morgan fingerprint density at radius 3 is 2.05 bits per heavy atom. The van der Waals surface area contributed by atoms with Crippen LogP contribution in [0, 0.1) is 0 Å². The number of aliphatic hydroxyl groups is 1. The van der Waals surface area contributed by atoms with Crippen LogP contribution in [-0.4, -0.2) is 5.11 Å². The van der Waals surface area contributed by atoms with E-state index in [0.717, 1.165) is 18.7 Å². The van der Waals surface area contributed by atoms with Crippen LogP contribution in [0.3, 0.4) is 0 Å². The molecule has 106 valence electrons. The Morgan fingerprint density at radius 2 is 1.29 bits per heavy atom. The average Bonchev–Trinajstić information content (AvgIpc) is 2.55. The third kappa shape index (κ3) is 3.48. The number of hydrogen-bond donors (Lipinski definition) is 2. The third-order valence-electron chi connectivity index (χ3n) is 3.68. The summed E-state index contributed by atoms with van der Waals surface area (Å²) in [5.41, 5.74) is 3.47. The maximum absolute atomic E-state index is 9.02. The van der Waals surface area contributed by atoms with Crippen molar-refractivity contribution in [3.05, 3.63) is 83.4 Å². The summed E-state index contributed by atoms with van der Waals surface area (Å²) in [6, 6.07) is 23.0. The normalized spacial score (nSPS) is 10.9. The molecule has 0 fully saturated rings. The van der Waals surface area contributed by atoms with Crippen molar-refractivity contribution in [1.82, 2.24) is 5.32 Å². The molecule has 0 spiro atoms. The van der Waals surface area contributed by atoms with Gasteiger partial charge in [-0.15, -0.1) is 0 Å². The van der Waals surface area contributed by atoms with Crippen molar-refractivity contribution in [2.75, 3.05) is 0 Å². The first kappa shape index (κ1) is 13.8. The lowest BCUT2D eigenvalue weighted by Gasteiger charge is -2.07. The van der Waals surface area contributed by atoms with Crippen molar-refractivity contribution in [3.8, 4) is 0 Å². The van der Waals surface area contributed by atoms with Crippen LogP contribution in [0.25, 0.3) is 10.8 Å². The van der Waals surface area contributed by atoms with E-state index in [2.05, 4.69) is 59.9 Å². The minimum Gasteiger partial charge on any atom is -0.392 e. The molecule has 3 aromatic carbocycles. The van der Waals surface area contributed by atoms with Crippen LogP contribution in [0.2, 0.25) is 0 Å². The molecular weight excluding hydrogens is 258 g/mol. The summed E-state index contributed by atoms with van der Waals surface area (Å²) < 4.78 is 0. The van der Waals surface area contributed by atoms with Gasteiger partial charge in [0.05, 0.1) is 6.61 Å². The first-order valence-corrected chi connectivity index (χ1v) is 7.22. The standard InChI is InChI=1S/C19H19NO/c21-14-16-7-5-15(6-8-16)12-20-13-17-9-10-18-3-1-2-4-19(18)11-17/h1-11,20-21H,12-14H2. The number of rotatable bonds is 5. The Labute approximate surface area is 125 Å². The predicted octanol–water partition coefficient (Wildman–Crippen LogP) is 3.62. The topological polar surface area (TPSA) is 32.3 Å². The second-order valence-electron chi connectivity index (χ2n) is 5.26. The fraction of sp³-hybridized carbons (Fsp3) is 0.158. The highest BCUT2D eigenvalue weighted by atomic mass is 16.3. The van der Waals surface area contributed by atoms with E-state index in [4.69, 9.17) is 5.11 Å². The zero-order valence-electron chi connectivity index (χ0n) is 11.9. The molecule has 0 heterocycles. The van der Waals surface area contributed by atoms with E-state index >= 15 is 0 Å². The lowest BCUT2D eigenvalue weighted by molar-refractivity contribution is 0.282. The lowest BCUT2D eigenvalue weighted by atomic mass is 10.1. The Kier molecular flexibility index (Phi) is 4.29. The van der Waals surface area contributed by atoms with Gasteiger partial charge in [0.25, 0.3) is 0 Å². The van der Waals surface area contributed by atoms with Crippen LogP contribution < -0.4 is 5.32 Å². The summed E-state index contributed by atoms with van der Waals surface area (Å²) in [4.78, 5) is 0. The third-order valence-corrected chi connectivity index (χ3v) is 3.68. The Hall–Kier alpha value is -2.16. The molecule has 0 atom stereocenters. The Morgan fingerprint density at radius 1 is 0.667 bits per heavy atom. The molecule has 0 saturated carbocycles. The van der Waals surface area contributed by atoms with Crippen molar-refractivity contribution in [3.63, 3.8) is 0 Å². The predicted molar refractivity (Wildman–Crippen MR) is 86.9 cm³/mol. The van der Waals surface area contributed by atoms with Crippen molar-refractivity contribution in [2.24, 2.45) is 0 Å². The molecule has 0 bridgehead atoms. The molecule has 2 heteroatoms. The lowest BCUT2D eigenvalue weighted by Crippen LogP contribution is -2.12. The first-order valence-electron chi connectivity index (χ1n) is 7.22. The van der Waals surface area contributed by atoms with E-state index in [0.29, 0.717) is 0 Å². The van der Waals surface area contributed by atoms with Crippen molar-refractivity contribution in [2.45, 2.75) is 19.7 Å². The molecular formula is C19H19NO. The molecule has 0 unspecified atom stereocenters. The van der Waals surface area contributed by atoms with Crippen LogP contribution in [0.5, 0.6) is 0 Å². The highest BCUT2D eigenvalue weighted by Gasteiger charge is 1.97. The van der Waals surface area contributed by atoms with Gasteiger partial charge >= 0.3 is 0 Å². The maximum atomic E-state index is 9.02. The monoisotopic (exact) mass is 277 g/mol. The number of fused-ring (bicyclic) bond motifs is 1. The minimum absolute atomic E-state index is 0.102. The molecule has 0 aliphatic heterocycles. The van der Waals surface area contributed by atoms with Crippen LogP contribution in [0.4, 0.5) is 0 Å². The number of nitrogens with one attached hydrogen (secondary N) is 1. The molecule has 3 rings (SSSR count). The summed E-state index contributed by atoms with van der Waals surface area (Å²) in [5, 5.41) is 15.0. The Bertz CT molecular complexity index is 719. The summed E-state index contributed by atoms with van der Waals surface area (Å²) in [5.74, 6) is 0. The second kappa shape index (κ2) is 6.53. The zero-order valence-corrected chi connectivity index (χ0v) is 11.9.